The molecule has 0 spiro atoms. The minimum absolute atomic E-state index is 0.107. The van der Waals surface area contributed by atoms with Gasteiger partial charge in [0.1, 0.15) is 18.8 Å². The Labute approximate surface area is 179 Å². The minimum Gasteiger partial charge on any atom is -0.462 e. The summed E-state index contributed by atoms with van der Waals surface area (Å²) < 4.78 is 32.5. The third-order valence-corrected chi connectivity index (χ3v) is 4.21. The van der Waals surface area contributed by atoms with E-state index in [1.807, 2.05) is 30.3 Å². The van der Waals surface area contributed by atoms with Gasteiger partial charge in [0.05, 0.1) is 6.61 Å². The standard InChI is InChI=1S/C21H26O10/c1-12(22)26-11-17(28-13(2)23)18-19(27-10-16-8-6-5-7-9-16)20(29-14(3)24)21(31-18)30-15(4)25/h5-9,17-21H,10-11H2,1-4H3/t17?,18-,19?,20?,21-/m1/s1. The molecule has 10 heteroatoms. The van der Waals surface area contributed by atoms with Crippen molar-refractivity contribution in [3.05, 3.63) is 35.9 Å². The van der Waals surface area contributed by atoms with Gasteiger partial charge in [0.2, 0.25) is 6.29 Å². The average Bonchev–Trinajstić information content (AvgIpc) is 2.99. The van der Waals surface area contributed by atoms with Crippen LogP contribution in [0.5, 0.6) is 0 Å². The van der Waals surface area contributed by atoms with E-state index in [1.54, 1.807) is 0 Å². The van der Waals surface area contributed by atoms with Gasteiger partial charge in [-0.15, -0.1) is 0 Å². The minimum atomic E-state index is -1.30. The van der Waals surface area contributed by atoms with Crippen LogP contribution in [0.2, 0.25) is 0 Å². The second-order valence-electron chi connectivity index (χ2n) is 6.86. The lowest BCUT2D eigenvalue weighted by Gasteiger charge is -2.28. The van der Waals surface area contributed by atoms with E-state index in [9.17, 15) is 19.2 Å². The number of hydrogen-bond acceptors (Lipinski definition) is 10. The fourth-order valence-electron chi connectivity index (χ4n) is 3.09. The fourth-order valence-corrected chi connectivity index (χ4v) is 3.09. The predicted molar refractivity (Wildman–Crippen MR) is 103 cm³/mol. The van der Waals surface area contributed by atoms with Crippen LogP contribution in [-0.2, 0) is 54.2 Å². The van der Waals surface area contributed by atoms with E-state index in [4.69, 9.17) is 28.4 Å². The normalized spacial score (nSPS) is 23.5. The highest BCUT2D eigenvalue weighted by Crippen LogP contribution is 2.32. The first-order chi connectivity index (χ1) is 14.7. The Bertz CT molecular complexity index is 778. The summed E-state index contributed by atoms with van der Waals surface area (Å²) >= 11 is 0. The quantitative estimate of drug-likeness (QED) is 0.411. The van der Waals surface area contributed by atoms with Crippen molar-refractivity contribution in [2.75, 3.05) is 6.61 Å². The summed E-state index contributed by atoms with van der Waals surface area (Å²) in [5.41, 5.74) is 0.822. The van der Waals surface area contributed by atoms with Gasteiger partial charge in [0, 0.05) is 27.7 Å². The van der Waals surface area contributed by atoms with E-state index in [1.165, 1.54) is 27.7 Å². The number of carbonyl (C=O) groups excluding carboxylic acids is 4. The zero-order valence-corrected chi connectivity index (χ0v) is 17.8. The molecule has 1 aliphatic rings. The first-order valence-corrected chi connectivity index (χ1v) is 9.63. The maximum atomic E-state index is 11.7. The Hall–Kier alpha value is -2.98. The molecule has 5 atom stereocenters. The molecule has 0 bridgehead atoms. The number of ether oxygens (including phenoxy) is 6. The summed E-state index contributed by atoms with van der Waals surface area (Å²) in [4.78, 5) is 46.2. The molecule has 0 aliphatic carbocycles. The third-order valence-electron chi connectivity index (χ3n) is 4.21. The summed E-state index contributed by atoms with van der Waals surface area (Å²) in [6, 6.07) is 9.16. The average molecular weight is 438 g/mol. The highest BCUT2D eigenvalue weighted by Gasteiger charge is 2.53. The van der Waals surface area contributed by atoms with Gasteiger partial charge >= 0.3 is 23.9 Å². The maximum Gasteiger partial charge on any atom is 0.305 e. The Kier molecular flexibility index (Phi) is 8.95. The number of hydrogen-bond donors (Lipinski definition) is 0. The Morgan fingerprint density at radius 2 is 1.52 bits per heavy atom. The van der Waals surface area contributed by atoms with Crippen molar-refractivity contribution in [3.8, 4) is 0 Å². The second kappa shape index (κ2) is 11.4. The number of rotatable bonds is 9. The highest BCUT2D eigenvalue weighted by molar-refractivity contribution is 5.68. The van der Waals surface area contributed by atoms with Crippen LogP contribution in [0, 0.1) is 0 Å². The Balaban J connectivity index is 2.33. The zero-order valence-electron chi connectivity index (χ0n) is 17.8. The van der Waals surface area contributed by atoms with Gasteiger partial charge in [-0.25, -0.2) is 0 Å². The maximum absolute atomic E-state index is 11.7. The fraction of sp³-hybridized carbons (Fsp3) is 0.524. The molecule has 0 saturated carbocycles. The van der Waals surface area contributed by atoms with Crippen LogP contribution < -0.4 is 0 Å². The van der Waals surface area contributed by atoms with Crippen molar-refractivity contribution in [1.82, 2.24) is 0 Å². The largest absolute Gasteiger partial charge is 0.462 e. The lowest BCUT2D eigenvalue weighted by molar-refractivity contribution is -0.203. The molecular formula is C21H26O10. The number of benzene rings is 1. The summed E-state index contributed by atoms with van der Waals surface area (Å²) in [6.45, 7) is 4.52. The van der Waals surface area contributed by atoms with Gasteiger partial charge in [0.25, 0.3) is 0 Å². The highest BCUT2D eigenvalue weighted by atomic mass is 16.8. The Morgan fingerprint density at radius 1 is 0.871 bits per heavy atom. The molecule has 1 saturated heterocycles. The van der Waals surface area contributed by atoms with Crippen molar-refractivity contribution in [2.24, 2.45) is 0 Å². The smallest absolute Gasteiger partial charge is 0.305 e. The first-order valence-electron chi connectivity index (χ1n) is 9.63. The van der Waals surface area contributed by atoms with Gasteiger partial charge in [-0.1, -0.05) is 30.3 Å². The molecule has 1 heterocycles. The molecule has 31 heavy (non-hydrogen) atoms. The van der Waals surface area contributed by atoms with Gasteiger partial charge in [-0.3, -0.25) is 19.2 Å². The molecule has 10 nitrogen and oxygen atoms in total. The van der Waals surface area contributed by atoms with Crippen LogP contribution in [0.25, 0.3) is 0 Å². The van der Waals surface area contributed by atoms with Crippen LogP contribution in [0.1, 0.15) is 33.3 Å². The predicted octanol–water partition coefficient (Wildman–Crippen LogP) is 1.29. The monoisotopic (exact) mass is 438 g/mol. The van der Waals surface area contributed by atoms with E-state index in [0.29, 0.717) is 0 Å². The van der Waals surface area contributed by atoms with Crippen LogP contribution in [0.15, 0.2) is 30.3 Å². The SMILES string of the molecule is CC(=O)OCC(OC(C)=O)[C@H]1O[C@@H](OC(C)=O)C(OC(C)=O)C1OCc1ccccc1. The summed E-state index contributed by atoms with van der Waals surface area (Å²) in [5, 5.41) is 0. The summed E-state index contributed by atoms with van der Waals surface area (Å²) in [5.74, 6) is -2.56. The van der Waals surface area contributed by atoms with E-state index >= 15 is 0 Å². The van der Waals surface area contributed by atoms with Gasteiger partial charge in [-0.2, -0.15) is 0 Å². The third kappa shape index (κ3) is 7.65. The first kappa shape index (κ1) is 24.3. The molecule has 0 aromatic heterocycles. The Morgan fingerprint density at radius 3 is 2.06 bits per heavy atom. The number of carbonyl (C=O) groups is 4. The molecule has 1 aromatic rings. The molecule has 170 valence electrons. The van der Waals surface area contributed by atoms with Crippen LogP contribution in [-0.4, -0.2) is 61.2 Å². The van der Waals surface area contributed by atoms with Crippen molar-refractivity contribution in [1.29, 1.82) is 0 Å². The number of esters is 4. The van der Waals surface area contributed by atoms with E-state index in [2.05, 4.69) is 0 Å². The molecule has 1 aromatic carbocycles. The molecule has 0 N–H and O–H groups in total. The van der Waals surface area contributed by atoms with Crippen LogP contribution in [0.4, 0.5) is 0 Å². The molecule has 2 rings (SSSR count). The van der Waals surface area contributed by atoms with Crippen LogP contribution in [0.3, 0.4) is 0 Å². The van der Waals surface area contributed by atoms with Crippen LogP contribution >= 0.6 is 0 Å². The van der Waals surface area contributed by atoms with Gasteiger partial charge < -0.3 is 28.4 Å². The van der Waals surface area contributed by atoms with E-state index in [0.717, 1.165) is 5.56 Å². The van der Waals surface area contributed by atoms with E-state index < -0.39 is 54.6 Å². The molecule has 3 unspecified atom stereocenters. The van der Waals surface area contributed by atoms with Crippen molar-refractivity contribution < 1.29 is 47.6 Å². The van der Waals surface area contributed by atoms with Gasteiger partial charge in [0.15, 0.2) is 12.2 Å². The van der Waals surface area contributed by atoms with Crippen molar-refractivity contribution in [3.63, 3.8) is 0 Å². The van der Waals surface area contributed by atoms with Crippen molar-refractivity contribution >= 4 is 23.9 Å². The molecule has 0 radical (unpaired) electrons. The second-order valence-corrected chi connectivity index (χ2v) is 6.86. The van der Waals surface area contributed by atoms with Gasteiger partial charge in [-0.05, 0) is 5.56 Å². The topological polar surface area (TPSA) is 124 Å². The lowest BCUT2D eigenvalue weighted by Crippen LogP contribution is -2.46. The molecule has 1 fully saturated rings. The van der Waals surface area contributed by atoms with E-state index in [-0.39, 0.29) is 13.2 Å². The summed E-state index contributed by atoms with van der Waals surface area (Å²) in [7, 11) is 0. The molecular weight excluding hydrogens is 412 g/mol. The lowest BCUT2D eigenvalue weighted by atomic mass is 10.1. The van der Waals surface area contributed by atoms with Crippen molar-refractivity contribution in [2.45, 2.75) is 65.0 Å². The molecule has 1 aliphatic heterocycles. The molecule has 0 amide bonds. The zero-order chi connectivity index (χ0) is 23.0. The summed E-state index contributed by atoms with van der Waals surface area (Å²) in [6.07, 6.45) is -5.58.